The SMILES string of the molecule is CCN(CC)P(Oc1ccc(Br)cc1)N(CC)CC. The van der Waals surface area contributed by atoms with Gasteiger partial charge in [0.25, 0.3) is 0 Å². The molecular weight excluding hydrogens is 323 g/mol. The molecule has 1 aromatic carbocycles. The summed E-state index contributed by atoms with van der Waals surface area (Å²) in [5, 5.41) is 0. The van der Waals surface area contributed by atoms with Crippen molar-refractivity contribution in [3.63, 3.8) is 0 Å². The quantitative estimate of drug-likeness (QED) is 0.632. The number of nitrogens with zero attached hydrogens (tertiary/aromatic N) is 2. The van der Waals surface area contributed by atoms with E-state index < -0.39 is 8.45 Å². The molecule has 1 rings (SSSR count). The Morgan fingerprint density at radius 2 is 1.32 bits per heavy atom. The second-order valence-corrected chi connectivity index (χ2v) is 6.81. The van der Waals surface area contributed by atoms with Gasteiger partial charge in [0, 0.05) is 30.7 Å². The van der Waals surface area contributed by atoms with Crippen molar-refractivity contribution < 1.29 is 4.52 Å². The first-order valence-electron chi connectivity index (χ1n) is 6.89. The van der Waals surface area contributed by atoms with Crippen LogP contribution in [0.3, 0.4) is 0 Å². The first-order valence-corrected chi connectivity index (χ1v) is 8.85. The maximum atomic E-state index is 6.25. The summed E-state index contributed by atoms with van der Waals surface area (Å²) in [5.41, 5.74) is 0. The number of rotatable bonds is 8. The van der Waals surface area contributed by atoms with Gasteiger partial charge in [0.05, 0.1) is 0 Å². The first-order chi connectivity index (χ1) is 9.15. The predicted molar refractivity (Wildman–Crippen MR) is 87.5 cm³/mol. The lowest BCUT2D eigenvalue weighted by Gasteiger charge is -2.35. The molecule has 19 heavy (non-hydrogen) atoms. The Morgan fingerprint density at radius 3 is 1.68 bits per heavy atom. The number of hydrogen-bond acceptors (Lipinski definition) is 3. The normalized spacial score (nSPS) is 11.6. The van der Waals surface area contributed by atoms with Crippen molar-refractivity contribution in [3.8, 4) is 5.75 Å². The first kappa shape index (κ1) is 16.9. The zero-order valence-corrected chi connectivity index (χ0v) is 14.7. The van der Waals surface area contributed by atoms with Gasteiger partial charge >= 0.3 is 0 Å². The number of benzene rings is 1. The van der Waals surface area contributed by atoms with Gasteiger partial charge in [0.15, 0.2) is 0 Å². The van der Waals surface area contributed by atoms with Crippen molar-refractivity contribution in [2.24, 2.45) is 0 Å². The molecular formula is C14H24BrN2OP. The van der Waals surface area contributed by atoms with Crippen molar-refractivity contribution >= 4 is 24.4 Å². The summed E-state index contributed by atoms with van der Waals surface area (Å²) in [4.78, 5) is 0. The highest BCUT2D eigenvalue weighted by Crippen LogP contribution is 2.45. The van der Waals surface area contributed by atoms with Gasteiger partial charge in [-0.05, 0) is 24.3 Å². The second-order valence-electron chi connectivity index (χ2n) is 4.08. The molecule has 0 aromatic heterocycles. The standard InChI is InChI=1S/C14H24BrN2OP/c1-5-16(6-2)19(17(7-3)8-4)18-14-11-9-13(15)10-12-14/h9-12H,5-8H2,1-4H3. The van der Waals surface area contributed by atoms with Crippen LogP contribution >= 0.6 is 24.4 Å². The summed E-state index contributed by atoms with van der Waals surface area (Å²) < 4.78 is 12.1. The summed E-state index contributed by atoms with van der Waals surface area (Å²) in [7, 11) is -0.722. The molecule has 0 atom stereocenters. The lowest BCUT2D eigenvalue weighted by molar-refractivity contribution is 0.360. The van der Waals surface area contributed by atoms with Crippen molar-refractivity contribution in [1.29, 1.82) is 0 Å². The fraction of sp³-hybridized carbons (Fsp3) is 0.571. The van der Waals surface area contributed by atoms with Gasteiger partial charge in [-0.3, -0.25) is 0 Å². The predicted octanol–water partition coefficient (Wildman–Crippen LogP) is 4.74. The Morgan fingerprint density at radius 1 is 0.895 bits per heavy atom. The highest BCUT2D eigenvalue weighted by molar-refractivity contribution is 9.10. The van der Waals surface area contributed by atoms with Crippen LogP contribution in [-0.4, -0.2) is 35.5 Å². The van der Waals surface area contributed by atoms with E-state index in [0.717, 1.165) is 36.4 Å². The lowest BCUT2D eigenvalue weighted by atomic mass is 10.3. The average molecular weight is 347 g/mol. The number of hydrogen-bond donors (Lipinski definition) is 0. The maximum Gasteiger partial charge on any atom is 0.248 e. The van der Waals surface area contributed by atoms with E-state index in [1.807, 2.05) is 24.3 Å². The fourth-order valence-electron chi connectivity index (χ4n) is 1.82. The zero-order chi connectivity index (χ0) is 14.3. The maximum absolute atomic E-state index is 6.25. The van der Waals surface area contributed by atoms with Crippen molar-refractivity contribution in [3.05, 3.63) is 28.7 Å². The third kappa shape index (κ3) is 5.03. The van der Waals surface area contributed by atoms with Gasteiger partial charge < -0.3 is 4.52 Å². The van der Waals surface area contributed by atoms with Crippen LogP contribution in [0.5, 0.6) is 5.75 Å². The summed E-state index contributed by atoms with van der Waals surface area (Å²) in [5.74, 6) is 0.938. The fourth-order valence-corrected chi connectivity index (χ4v) is 3.95. The van der Waals surface area contributed by atoms with Crippen molar-refractivity contribution in [1.82, 2.24) is 9.34 Å². The number of halogens is 1. The van der Waals surface area contributed by atoms with Crippen LogP contribution in [-0.2, 0) is 0 Å². The van der Waals surface area contributed by atoms with Crippen LogP contribution in [0.1, 0.15) is 27.7 Å². The van der Waals surface area contributed by atoms with Gasteiger partial charge in [0.1, 0.15) is 5.75 Å². The third-order valence-electron chi connectivity index (χ3n) is 2.94. The topological polar surface area (TPSA) is 15.7 Å². The molecule has 0 aliphatic carbocycles. The molecule has 0 fully saturated rings. The molecule has 0 N–H and O–H groups in total. The zero-order valence-electron chi connectivity index (χ0n) is 12.3. The van der Waals surface area contributed by atoms with E-state index in [4.69, 9.17) is 4.52 Å². The van der Waals surface area contributed by atoms with Crippen LogP contribution in [0.4, 0.5) is 0 Å². The minimum absolute atomic E-state index is 0.722. The minimum Gasteiger partial charge on any atom is -0.444 e. The Bertz CT molecular complexity index is 341. The average Bonchev–Trinajstić information content (AvgIpc) is 2.43. The second kappa shape index (κ2) is 8.91. The molecule has 0 spiro atoms. The van der Waals surface area contributed by atoms with E-state index in [-0.39, 0.29) is 0 Å². The van der Waals surface area contributed by atoms with E-state index in [1.54, 1.807) is 0 Å². The molecule has 0 aliphatic heterocycles. The van der Waals surface area contributed by atoms with Crippen molar-refractivity contribution in [2.45, 2.75) is 27.7 Å². The molecule has 0 unspecified atom stereocenters. The van der Waals surface area contributed by atoms with Gasteiger partial charge in [-0.25, -0.2) is 9.34 Å². The summed E-state index contributed by atoms with van der Waals surface area (Å²) in [6.07, 6.45) is 0. The molecule has 108 valence electrons. The Balaban J connectivity index is 2.86. The smallest absolute Gasteiger partial charge is 0.248 e. The molecule has 0 bridgehead atoms. The summed E-state index contributed by atoms with van der Waals surface area (Å²) in [6.45, 7) is 12.8. The Hall–Kier alpha value is -0.150. The van der Waals surface area contributed by atoms with E-state index in [0.29, 0.717) is 0 Å². The molecule has 3 nitrogen and oxygen atoms in total. The summed E-state index contributed by atoms with van der Waals surface area (Å²) in [6, 6.07) is 8.08. The van der Waals surface area contributed by atoms with Gasteiger partial charge in [-0.15, -0.1) is 0 Å². The van der Waals surface area contributed by atoms with E-state index in [2.05, 4.69) is 53.0 Å². The van der Waals surface area contributed by atoms with Crippen LogP contribution in [0.2, 0.25) is 0 Å². The molecule has 0 saturated heterocycles. The van der Waals surface area contributed by atoms with Gasteiger partial charge in [-0.2, -0.15) is 0 Å². The largest absolute Gasteiger partial charge is 0.444 e. The van der Waals surface area contributed by atoms with Crippen LogP contribution in [0.25, 0.3) is 0 Å². The van der Waals surface area contributed by atoms with Crippen molar-refractivity contribution in [2.75, 3.05) is 26.2 Å². The van der Waals surface area contributed by atoms with E-state index in [9.17, 15) is 0 Å². The van der Waals surface area contributed by atoms with Gasteiger partial charge in [-0.1, -0.05) is 43.6 Å². The highest BCUT2D eigenvalue weighted by atomic mass is 79.9. The molecule has 5 heteroatoms. The Labute approximate surface area is 127 Å². The molecule has 0 saturated carbocycles. The Kier molecular flexibility index (Phi) is 7.93. The molecule has 0 aliphatic rings. The van der Waals surface area contributed by atoms with Crippen LogP contribution in [0, 0.1) is 0 Å². The molecule has 0 radical (unpaired) electrons. The van der Waals surface area contributed by atoms with Crippen LogP contribution in [0.15, 0.2) is 28.7 Å². The lowest BCUT2D eigenvalue weighted by Crippen LogP contribution is -2.31. The monoisotopic (exact) mass is 346 g/mol. The van der Waals surface area contributed by atoms with E-state index in [1.165, 1.54) is 0 Å². The molecule has 0 amide bonds. The van der Waals surface area contributed by atoms with Gasteiger partial charge in [0.2, 0.25) is 8.45 Å². The highest BCUT2D eigenvalue weighted by Gasteiger charge is 2.24. The third-order valence-corrected chi connectivity index (χ3v) is 5.95. The van der Waals surface area contributed by atoms with Crippen LogP contribution < -0.4 is 4.52 Å². The minimum atomic E-state index is -0.722. The van der Waals surface area contributed by atoms with E-state index >= 15 is 0 Å². The summed E-state index contributed by atoms with van der Waals surface area (Å²) >= 11 is 3.45. The molecule has 1 aromatic rings. The molecule has 0 heterocycles.